The molecule has 0 bridgehead atoms. The van der Waals surface area contributed by atoms with Crippen LogP contribution < -0.4 is 10.5 Å². The van der Waals surface area contributed by atoms with Crippen LogP contribution >= 0.6 is 0 Å². The number of piperidine rings is 1. The van der Waals surface area contributed by atoms with Crippen LogP contribution in [0.4, 0.5) is 5.69 Å². The maximum atomic E-state index is 12.4. The van der Waals surface area contributed by atoms with E-state index in [0.717, 1.165) is 44.5 Å². The fourth-order valence-corrected chi connectivity index (χ4v) is 4.45. The Hall–Kier alpha value is -2.39. The quantitative estimate of drug-likeness (QED) is 0.867. The topological polar surface area (TPSA) is 93.0 Å². The Kier molecular flexibility index (Phi) is 4.00. The lowest BCUT2D eigenvalue weighted by Crippen LogP contribution is -2.49. The van der Waals surface area contributed by atoms with Crippen LogP contribution in [0.2, 0.25) is 0 Å². The number of aromatic nitrogens is 2. The first-order valence-corrected chi connectivity index (χ1v) is 9.32. The molecule has 0 radical (unpaired) electrons. The number of pyridine rings is 2. The second-order valence-electron chi connectivity index (χ2n) is 8.13. The Morgan fingerprint density at radius 1 is 1.35 bits per heavy atom. The smallest absolute Gasteiger partial charge is 0.268 e. The number of fused-ring (bicyclic) bond motifs is 1. The normalized spacial score (nSPS) is 19.7. The number of hydrogen-bond donors (Lipinski definition) is 2. The summed E-state index contributed by atoms with van der Waals surface area (Å²) in [5.41, 5.74) is 3.04. The standard InChI is InChI=1S/C20H24N4O2/c1-12(2)15-3-4-16-17(22-15)18(14(11-21)19(26)23-16)24-7-5-20(6-8-24)9-13(25)10-20/h3-4,12-13,25H,5-10H2,1-2H3,(H,23,26). The van der Waals surface area contributed by atoms with Crippen LogP contribution in [0.3, 0.4) is 0 Å². The highest BCUT2D eigenvalue weighted by atomic mass is 16.3. The predicted molar refractivity (Wildman–Crippen MR) is 100 cm³/mol. The monoisotopic (exact) mass is 352 g/mol. The predicted octanol–water partition coefficient (Wildman–Crippen LogP) is 2.66. The number of nitrogens with one attached hydrogen (secondary N) is 1. The Morgan fingerprint density at radius 3 is 2.62 bits per heavy atom. The van der Waals surface area contributed by atoms with Gasteiger partial charge in [0.25, 0.3) is 5.56 Å². The van der Waals surface area contributed by atoms with Crippen molar-refractivity contribution in [1.82, 2.24) is 9.97 Å². The summed E-state index contributed by atoms with van der Waals surface area (Å²) in [4.78, 5) is 22.1. The fraction of sp³-hybridized carbons (Fsp3) is 0.550. The zero-order valence-electron chi connectivity index (χ0n) is 15.2. The first-order valence-electron chi connectivity index (χ1n) is 9.32. The lowest BCUT2D eigenvalue weighted by atomic mass is 9.61. The van der Waals surface area contributed by atoms with E-state index in [0.29, 0.717) is 16.7 Å². The van der Waals surface area contributed by atoms with Crippen molar-refractivity contribution in [1.29, 1.82) is 5.26 Å². The molecule has 2 aromatic rings. The second-order valence-corrected chi connectivity index (χ2v) is 8.13. The number of rotatable bonds is 2. The maximum absolute atomic E-state index is 12.4. The summed E-state index contributed by atoms with van der Waals surface area (Å²) in [6, 6.07) is 5.91. The molecule has 2 aliphatic rings. The van der Waals surface area contributed by atoms with E-state index >= 15 is 0 Å². The second kappa shape index (κ2) is 6.10. The van der Waals surface area contributed by atoms with Gasteiger partial charge in [-0.15, -0.1) is 0 Å². The third-order valence-corrected chi connectivity index (χ3v) is 6.03. The summed E-state index contributed by atoms with van der Waals surface area (Å²) in [5.74, 6) is 0.269. The van der Waals surface area contributed by atoms with E-state index in [1.54, 1.807) is 0 Å². The number of hydrogen-bond acceptors (Lipinski definition) is 5. The fourth-order valence-electron chi connectivity index (χ4n) is 4.45. The largest absolute Gasteiger partial charge is 0.393 e. The van der Waals surface area contributed by atoms with Crippen LogP contribution in [-0.4, -0.2) is 34.3 Å². The van der Waals surface area contributed by atoms with Gasteiger partial charge in [-0.05, 0) is 49.1 Å². The number of nitrogens with zero attached hydrogens (tertiary/aromatic N) is 3. The van der Waals surface area contributed by atoms with Crippen LogP contribution in [0.15, 0.2) is 16.9 Å². The zero-order valence-corrected chi connectivity index (χ0v) is 15.2. The minimum Gasteiger partial charge on any atom is -0.393 e. The van der Waals surface area contributed by atoms with Gasteiger partial charge < -0.3 is 15.0 Å². The van der Waals surface area contributed by atoms with E-state index in [2.05, 4.69) is 29.8 Å². The van der Waals surface area contributed by atoms with Crippen molar-refractivity contribution in [2.75, 3.05) is 18.0 Å². The molecule has 1 aliphatic carbocycles. The molecule has 1 spiro atoms. The van der Waals surface area contributed by atoms with Crippen molar-refractivity contribution in [2.45, 2.75) is 51.6 Å². The van der Waals surface area contributed by atoms with Gasteiger partial charge in [-0.25, -0.2) is 4.98 Å². The van der Waals surface area contributed by atoms with E-state index in [1.807, 2.05) is 12.1 Å². The molecule has 0 amide bonds. The number of nitriles is 1. The van der Waals surface area contributed by atoms with Crippen molar-refractivity contribution >= 4 is 16.7 Å². The van der Waals surface area contributed by atoms with Crippen LogP contribution in [0, 0.1) is 16.7 Å². The lowest BCUT2D eigenvalue weighted by Gasteiger charge is -2.51. The Morgan fingerprint density at radius 2 is 2.04 bits per heavy atom. The van der Waals surface area contributed by atoms with Gasteiger partial charge in [0.05, 0.1) is 17.3 Å². The molecule has 2 aromatic heterocycles. The van der Waals surface area contributed by atoms with E-state index in [4.69, 9.17) is 4.98 Å². The molecule has 136 valence electrons. The summed E-state index contributed by atoms with van der Waals surface area (Å²) in [5, 5.41) is 19.3. The SMILES string of the molecule is CC(C)c1ccc2[nH]c(=O)c(C#N)c(N3CCC4(CC3)CC(O)C4)c2n1. The summed E-state index contributed by atoms with van der Waals surface area (Å²) in [7, 11) is 0. The minimum atomic E-state index is -0.353. The molecule has 2 fully saturated rings. The summed E-state index contributed by atoms with van der Waals surface area (Å²) >= 11 is 0. The van der Waals surface area contributed by atoms with Gasteiger partial charge in [-0.3, -0.25) is 4.79 Å². The first-order chi connectivity index (χ1) is 12.4. The molecule has 4 rings (SSSR count). The Balaban J connectivity index is 1.78. The van der Waals surface area contributed by atoms with Gasteiger partial charge in [0, 0.05) is 18.8 Å². The van der Waals surface area contributed by atoms with Crippen molar-refractivity contribution < 1.29 is 5.11 Å². The minimum absolute atomic E-state index is 0.149. The third kappa shape index (κ3) is 2.67. The van der Waals surface area contributed by atoms with Gasteiger partial charge in [-0.1, -0.05) is 13.8 Å². The molecule has 0 aromatic carbocycles. The molecule has 1 saturated carbocycles. The van der Waals surface area contributed by atoms with Crippen LogP contribution in [0.25, 0.3) is 11.0 Å². The van der Waals surface area contributed by atoms with Gasteiger partial charge in [0.2, 0.25) is 0 Å². The van der Waals surface area contributed by atoms with Gasteiger partial charge in [0.1, 0.15) is 17.1 Å². The average Bonchev–Trinajstić information content (AvgIpc) is 2.59. The highest BCUT2D eigenvalue weighted by molar-refractivity contribution is 5.91. The van der Waals surface area contributed by atoms with Crippen molar-refractivity contribution in [3.63, 3.8) is 0 Å². The number of aliphatic hydroxyl groups excluding tert-OH is 1. The number of aromatic amines is 1. The highest BCUT2D eigenvalue weighted by Gasteiger charge is 2.45. The molecule has 26 heavy (non-hydrogen) atoms. The summed E-state index contributed by atoms with van der Waals surface area (Å²) < 4.78 is 0. The van der Waals surface area contributed by atoms with E-state index in [1.165, 1.54) is 0 Å². The van der Waals surface area contributed by atoms with Gasteiger partial charge in [-0.2, -0.15) is 5.26 Å². The average molecular weight is 352 g/mol. The van der Waals surface area contributed by atoms with E-state index in [-0.39, 0.29) is 28.6 Å². The molecular formula is C20H24N4O2. The molecule has 1 aliphatic heterocycles. The summed E-state index contributed by atoms with van der Waals surface area (Å²) in [6.07, 6.45) is 3.54. The van der Waals surface area contributed by atoms with Crippen molar-refractivity contribution in [2.24, 2.45) is 5.41 Å². The molecule has 3 heterocycles. The van der Waals surface area contributed by atoms with Crippen LogP contribution in [0.5, 0.6) is 0 Å². The summed E-state index contributed by atoms with van der Waals surface area (Å²) in [6.45, 7) is 5.73. The Labute approximate surface area is 152 Å². The van der Waals surface area contributed by atoms with Crippen molar-refractivity contribution in [3.05, 3.63) is 33.7 Å². The van der Waals surface area contributed by atoms with Crippen LogP contribution in [0.1, 0.15) is 56.7 Å². The van der Waals surface area contributed by atoms with Gasteiger partial charge in [0.15, 0.2) is 0 Å². The molecule has 0 unspecified atom stereocenters. The highest BCUT2D eigenvalue weighted by Crippen LogP contribution is 2.49. The molecule has 2 N–H and O–H groups in total. The van der Waals surface area contributed by atoms with E-state index in [9.17, 15) is 15.2 Å². The first kappa shape index (κ1) is 17.0. The number of anilines is 1. The molecule has 1 saturated heterocycles. The van der Waals surface area contributed by atoms with Crippen LogP contribution in [-0.2, 0) is 0 Å². The molecule has 6 nitrogen and oxygen atoms in total. The maximum Gasteiger partial charge on any atom is 0.268 e. The lowest BCUT2D eigenvalue weighted by molar-refractivity contribution is -0.0463. The Bertz CT molecular complexity index is 941. The third-order valence-electron chi connectivity index (χ3n) is 6.03. The zero-order chi connectivity index (χ0) is 18.5. The molecule has 6 heteroatoms. The molecule has 0 atom stereocenters. The van der Waals surface area contributed by atoms with Gasteiger partial charge >= 0.3 is 0 Å². The number of H-pyrrole nitrogens is 1. The van der Waals surface area contributed by atoms with E-state index < -0.39 is 0 Å². The van der Waals surface area contributed by atoms with Crippen molar-refractivity contribution in [3.8, 4) is 6.07 Å². The molecular weight excluding hydrogens is 328 g/mol. The number of aliphatic hydroxyl groups is 1.